The van der Waals surface area contributed by atoms with Crippen LogP contribution in [-0.2, 0) is 12.8 Å². The highest BCUT2D eigenvalue weighted by Crippen LogP contribution is 2.19. The lowest BCUT2D eigenvalue weighted by Gasteiger charge is -2.16. The summed E-state index contributed by atoms with van der Waals surface area (Å²) in [6.07, 6.45) is 3.24. The van der Waals surface area contributed by atoms with Crippen LogP contribution in [0.5, 0.6) is 0 Å². The van der Waals surface area contributed by atoms with Gasteiger partial charge >= 0.3 is 0 Å². The number of nitrogens with zero attached hydrogens (tertiary/aromatic N) is 1. The number of benzene rings is 1. The standard InChI is InChI=1S/C15H17F2N3/c1-2-10-3-5-12(19-9-10)8-15(20-18)11-4-6-13(16)14(17)7-11/h3-7,9,15,20H,2,8,18H2,1H3. The molecule has 0 amide bonds. The number of hydrazine groups is 1. The summed E-state index contributed by atoms with van der Waals surface area (Å²) in [7, 11) is 0. The molecule has 0 aliphatic carbocycles. The van der Waals surface area contributed by atoms with Crippen LogP contribution in [0.1, 0.15) is 29.8 Å². The van der Waals surface area contributed by atoms with Crippen LogP contribution in [-0.4, -0.2) is 4.98 Å². The lowest BCUT2D eigenvalue weighted by molar-refractivity contribution is 0.496. The van der Waals surface area contributed by atoms with E-state index in [1.165, 1.54) is 6.07 Å². The Kier molecular flexibility index (Phi) is 4.76. The molecule has 3 nitrogen and oxygen atoms in total. The summed E-state index contributed by atoms with van der Waals surface area (Å²) < 4.78 is 26.2. The van der Waals surface area contributed by atoms with Gasteiger partial charge in [0.05, 0.1) is 6.04 Å². The van der Waals surface area contributed by atoms with Gasteiger partial charge in [0.2, 0.25) is 0 Å². The Labute approximate surface area is 116 Å². The highest BCUT2D eigenvalue weighted by atomic mass is 19.2. The van der Waals surface area contributed by atoms with Crippen molar-refractivity contribution in [1.82, 2.24) is 10.4 Å². The minimum absolute atomic E-state index is 0.315. The average molecular weight is 277 g/mol. The van der Waals surface area contributed by atoms with Crippen LogP contribution >= 0.6 is 0 Å². The third-order valence-corrected chi connectivity index (χ3v) is 3.25. The topological polar surface area (TPSA) is 50.9 Å². The zero-order valence-corrected chi connectivity index (χ0v) is 11.2. The van der Waals surface area contributed by atoms with Crippen LogP contribution in [0.25, 0.3) is 0 Å². The number of halogens is 2. The second-order valence-corrected chi connectivity index (χ2v) is 4.61. The first kappa shape index (κ1) is 14.6. The van der Waals surface area contributed by atoms with Gasteiger partial charge in [0.1, 0.15) is 0 Å². The van der Waals surface area contributed by atoms with Gasteiger partial charge in [0.25, 0.3) is 0 Å². The molecule has 0 spiro atoms. The smallest absolute Gasteiger partial charge is 0.159 e. The number of pyridine rings is 1. The van der Waals surface area contributed by atoms with Crippen molar-refractivity contribution in [2.24, 2.45) is 5.84 Å². The zero-order chi connectivity index (χ0) is 14.5. The van der Waals surface area contributed by atoms with E-state index in [0.717, 1.165) is 29.8 Å². The zero-order valence-electron chi connectivity index (χ0n) is 11.2. The van der Waals surface area contributed by atoms with Crippen molar-refractivity contribution in [3.05, 3.63) is 65.0 Å². The fourth-order valence-corrected chi connectivity index (χ4v) is 2.00. The summed E-state index contributed by atoms with van der Waals surface area (Å²) in [6, 6.07) is 7.38. The lowest BCUT2D eigenvalue weighted by Crippen LogP contribution is -2.30. The van der Waals surface area contributed by atoms with Crippen molar-refractivity contribution in [2.75, 3.05) is 0 Å². The monoisotopic (exact) mass is 277 g/mol. The highest BCUT2D eigenvalue weighted by Gasteiger charge is 2.13. The second kappa shape index (κ2) is 6.54. The minimum Gasteiger partial charge on any atom is -0.271 e. The molecule has 0 saturated heterocycles. The summed E-state index contributed by atoms with van der Waals surface area (Å²) >= 11 is 0. The summed E-state index contributed by atoms with van der Waals surface area (Å²) in [4.78, 5) is 4.34. The van der Waals surface area contributed by atoms with Crippen molar-refractivity contribution < 1.29 is 8.78 Å². The number of aryl methyl sites for hydroxylation is 1. The normalized spacial score (nSPS) is 12.4. The predicted octanol–water partition coefficient (Wildman–Crippen LogP) is 2.67. The van der Waals surface area contributed by atoms with Crippen LogP contribution < -0.4 is 11.3 Å². The molecule has 2 rings (SSSR count). The maximum absolute atomic E-state index is 13.3. The molecule has 20 heavy (non-hydrogen) atoms. The first-order chi connectivity index (χ1) is 9.63. The van der Waals surface area contributed by atoms with E-state index in [-0.39, 0.29) is 6.04 Å². The van der Waals surface area contributed by atoms with E-state index >= 15 is 0 Å². The number of hydrogen-bond donors (Lipinski definition) is 2. The first-order valence-electron chi connectivity index (χ1n) is 6.49. The fourth-order valence-electron chi connectivity index (χ4n) is 2.00. The maximum Gasteiger partial charge on any atom is 0.159 e. The van der Waals surface area contributed by atoms with Gasteiger partial charge in [-0.3, -0.25) is 16.3 Å². The Hall–Kier alpha value is -1.85. The quantitative estimate of drug-likeness (QED) is 0.652. The van der Waals surface area contributed by atoms with Crippen LogP contribution in [0.4, 0.5) is 8.78 Å². The number of aromatic nitrogens is 1. The predicted molar refractivity (Wildman–Crippen MR) is 73.7 cm³/mol. The van der Waals surface area contributed by atoms with Crippen LogP contribution in [0.2, 0.25) is 0 Å². The molecule has 0 aliphatic heterocycles. The van der Waals surface area contributed by atoms with Gasteiger partial charge < -0.3 is 0 Å². The van der Waals surface area contributed by atoms with Crippen molar-refractivity contribution in [2.45, 2.75) is 25.8 Å². The second-order valence-electron chi connectivity index (χ2n) is 4.61. The van der Waals surface area contributed by atoms with E-state index in [0.29, 0.717) is 12.0 Å². The van der Waals surface area contributed by atoms with Gasteiger partial charge in [-0.25, -0.2) is 8.78 Å². The Bertz CT molecular complexity index is 570. The third kappa shape index (κ3) is 3.37. The average Bonchev–Trinajstić information content (AvgIpc) is 2.48. The molecule has 1 atom stereocenters. The van der Waals surface area contributed by atoms with Crippen LogP contribution in [0, 0.1) is 11.6 Å². The molecule has 1 heterocycles. The SMILES string of the molecule is CCc1ccc(CC(NN)c2ccc(F)c(F)c2)nc1. The molecule has 0 saturated carbocycles. The number of nitrogens with one attached hydrogen (secondary N) is 1. The molecular weight excluding hydrogens is 260 g/mol. The molecule has 1 aromatic carbocycles. The molecular formula is C15H17F2N3. The molecule has 106 valence electrons. The minimum atomic E-state index is -0.878. The van der Waals surface area contributed by atoms with Gasteiger partial charge in [-0.1, -0.05) is 19.1 Å². The van der Waals surface area contributed by atoms with Crippen LogP contribution in [0.3, 0.4) is 0 Å². The molecule has 0 radical (unpaired) electrons. The van der Waals surface area contributed by atoms with Gasteiger partial charge in [-0.05, 0) is 35.7 Å². The van der Waals surface area contributed by atoms with Gasteiger partial charge in [0, 0.05) is 18.3 Å². The van der Waals surface area contributed by atoms with Crippen molar-refractivity contribution in [3.8, 4) is 0 Å². The Morgan fingerprint density at radius 2 is 2.00 bits per heavy atom. The molecule has 0 bridgehead atoms. The van der Waals surface area contributed by atoms with E-state index in [1.54, 1.807) is 0 Å². The molecule has 3 N–H and O–H groups in total. The van der Waals surface area contributed by atoms with Gasteiger partial charge in [0.15, 0.2) is 11.6 Å². The van der Waals surface area contributed by atoms with Gasteiger partial charge in [-0.15, -0.1) is 0 Å². The van der Waals surface area contributed by atoms with E-state index in [1.807, 2.05) is 18.3 Å². The molecule has 2 aromatic rings. The van der Waals surface area contributed by atoms with Crippen molar-refractivity contribution >= 4 is 0 Å². The van der Waals surface area contributed by atoms with Crippen molar-refractivity contribution in [3.63, 3.8) is 0 Å². The molecule has 1 unspecified atom stereocenters. The Balaban J connectivity index is 2.16. The van der Waals surface area contributed by atoms with E-state index in [4.69, 9.17) is 5.84 Å². The third-order valence-electron chi connectivity index (χ3n) is 3.25. The number of nitrogens with two attached hydrogens (primary N) is 1. The first-order valence-corrected chi connectivity index (χ1v) is 6.49. The summed E-state index contributed by atoms with van der Waals surface area (Å²) in [6.45, 7) is 2.06. The Morgan fingerprint density at radius 3 is 2.55 bits per heavy atom. The number of hydrogen-bond acceptors (Lipinski definition) is 3. The number of rotatable bonds is 5. The van der Waals surface area contributed by atoms with Crippen molar-refractivity contribution in [1.29, 1.82) is 0 Å². The molecule has 1 aromatic heterocycles. The van der Waals surface area contributed by atoms with Gasteiger partial charge in [-0.2, -0.15) is 0 Å². The van der Waals surface area contributed by atoms with E-state index in [2.05, 4.69) is 17.3 Å². The summed E-state index contributed by atoms with van der Waals surface area (Å²) in [5.41, 5.74) is 5.20. The molecule has 0 fully saturated rings. The van der Waals surface area contributed by atoms with E-state index < -0.39 is 11.6 Å². The lowest BCUT2D eigenvalue weighted by atomic mass is 10.0. The maximum atomic E-state index is 13.3. The van der Waals surface area contributed by atoms with E-state index in [9.17, 15) is 8.78 Å². The molecule has 0 aliphatic rings. The Morgan fingerprint density at radius 1 is 1.20 bits per heavy atom. The molecule has 5 heteroatoms. The fraction of sp³-hybridized carbons (Fsp3) is 0.267. The summed E-state index contributed by atoms with van der Waals surface area (Å²) in [5.74, 6) is 3.76. The largest absolute Gasteiger partial charge is 0.271 e. The highest BCUT2D eigenvalue weighted by molar-refractivity contribution is 5.23. The summed E-state index contributed by atoms with van der Waals surface area (Å²) in [5, 5.41) is 0. The van der Waals surface area contributed by atoms with Crippen LogP contribution in [0.15, 0.2) is 36.5 Å².